The van der Waals surface area contributed by atoms with Gasteiger partial charge in [-0.15, -0.1) is 0 Å². The maximum absolute atomic E-state index is 16.4. The van der Waals surface area contributed by atoms with Crippen molar-refractivity contribution in [2.45, 2.75) is 68.8 Å². The SMILES string of the molecule is NC(N)=C(/C=C(\N)c1ccccc1O)N1CCCC(c2ccc(C(=O)N3CCC(F)(CN4CCC(n5cc(C(F)(F)F)c6cc(N7CCC(=O)NC7=O)cnc65)CC4)CC3)cc2)C1. The number of nitrogens with two attached hydrogens (primary N) is 3. The summed E-state index contributed by atoms with van der Waals surface area (Å²) in [6, 6.07) is 14.6. The van der Waals surface area contributed by atoms with Gasteiger partial charge in [-0.3, -0.25) is 19.8 Å². The van der Waals surface area contributed by atoms with Crippen molar-refractivity contribution in [1.82, 2.24) is 29.6 Å². The number of imide groups is 1. The Balaban J connectivity index is 0.846. The van der Waals surface area contributed by atoms with Gasteiger partial charge in [-0.1, -0.05) is 24.3 Å². The van der Waals surface area contributed by atoms with Gasteiger partial charge in [-0.05, 0) is 67.7 Å². The third kappa shape index (κ3) is 9.26. The fraction of sp³-hybridized carbons (Fsp3) is 0.422. The van der Waals surface area contributed by atoms with E-state index in [0.717, 1.165) is 31.1 Å². The summed E-state index contributed by atoms with van der Waals surface area (Å²) in [6.45, 7) is 3.02. The van der Waals surface area contributed by atoms with Gasteiger partial charge in [0.15, 0.2) is 0 Å². The second kappa shape index (κ2) is 17.5. The number of carbonyl (C=O) groups is 3. The second-order valence-electron chi connectivity index (χ2n) is 17.1. The number of likely N-dealkylation sites (tertiary alicyclic amines) is 3. The van der Waals surface area contributed by atoms with Gasteiger partial charge in [0.05, 0.1) is 23.1 Å². The molecule has 4 aliphatic heterocycles. The van der Waals surface area contributed by atoms with E-state index in [1.807, 2.05) is 29.2 Å². The molecule has 14 nitrogen and oxygen atoms in total. The van der Waals surface area contributed by atoms with Crippen LogP contribution in [0.2, 0.25) is 0 Å². The molecule has 2 aromatic heterocycles. The summed E-state index contributed by atoms with van der Waals surface area (Å²) >= 11 is 0. The number of aromatic hydroxyl groups is 1. The number of rotatable bonds is 9. The van der Waals surface area contributed by atoms with Crippen molar-refractivity contribution in [2.24, 2.45) is 17.2 Å². The van der Waals surface area contributed by atoms with Crippen LogP contribution in [0.15, 0.2) is 84.6 Å². The number of alkyl halides is 4. The predicted octanol–water partition coefficient (Wildman–Crippen LogP) is 5.75. The Morgan fingerprint density at radius 1 is 0.937 bits per heavy atom. The lowest BCUT2D eigenvalue weighted by molar-refractivity contribution is -0.136. The Morgan fingerprint density at radius 2 is 1.65 bits per heavy atom. The highest BCUT2D eigenvalue weighted by Crippen LogP contribution is 2.40. The van der Waals surface area contributed by atoms with Crippen molar-refractivity contribution >= 4 is 40.3 Å². The number of halogens is 4. The highest BCUT2D eigenvalue weighted by Gasteiger charge is 2.40. The highest BCUT2D eigenvalue weighted by molar-refractivity contribution is 6.06. The number of hydrogen-bond donors (Lipinski definition) is 5. The number of amides is 4. The van der Waals surface area contributed by atoms with Crippen molar-refractivity contribution in [3.63, 3.8) is 0 Å². The summed E-state index contributed by atoms with van der Waals surface area (Å²) in [5.74, 6) is -0.299. The number of hydrogen-bond acceptors (Lipinski definition) is 10. The normalized spacial score (nSPS) is 20.5. The lowest BCUT2D eigenvalue weighted by Gasteiger charge is -2.41. The first-order valence-electron chi connectivity index (χ1n) is 21.3. The smallest absolute Gasteiger partial charge is 0.418 e. The molecular weight excluding hydrogens is 821 g/mol. The summed E-state index contributed by atoms with van der Waals surface area (Å²) in [5, 5.41) is 12.3. The fourth-order valence-electron chi connectivity index (χ4n) is 9.46. The van der Waals surface area contributed by atoms with Crippen molar-refractivity contribution in [1.29, 1.82) is 0 Å². The fourth-order valence-corrected chi connectivity index (χ4v) is 9.46. The number of nitrogens with zero attached hydrogens (tertiary/aromatic N) is 6. The van der Waals surface area contributed by atoms with E-state index in [1.165, 1.54) is 17.2 Å². The number of allylic oxidation sites excluding steroid dienone is 1. The summed E-state index contributed by atoms with van der Waals surface area (Å²) < 4.78 is 60.8. The molecule has 4 fully saturated rings. The average molecular weight is 873 g/mol. The molecule has 63 heavy (non-hydrogen) atoms. The molecule has 334 valence electrons. The monoisotopic (exact) mass is 872 g/mol. The van der Waals surface area contributed by atoms with Gasteiger partial charge in [0, 0.05) is 112 Å². The quantitative estimate of drug-likeness (QED) is 0.102. The third-order valence-corrected chi connectivity index (χ3v) is 12.9. The van der Waals surface area contributed by atoms with Crippen LogP contribution in [0.1, 0.15) is 84.0 Å². The van der Waals surface area contributed by atoms with Crippen molar-refractivity contribution in [3.8, 4) is 5.75 Å². The minimum atomic E-state index is -4.67. The summed E-state index contributed by atoms with van der Waals surface area (Å²) in [5.41, 5.74) is 19.5. The van der Waals surface area contributed by atoms with Crippen LogP contribution in [0.5, 0.6) is 5.75 Å². The zero-order chi connectivity index (χ0) is 44.6. The molecule has 8 rings (SSSR count). The number of para-hydroxylation sites is 1. The summed E-state index contributed by atoms with van der Waals surface area (Å²) in [6.07, 6.45) is 2.58. The van der Waals surface area contributed by atoms with Gasteiger partial charge in [0.25, 0.3) is 5.91 Å². The topological polar surface area (TPSA) is 192 Å². The van der Waals surface area contributed by atoms with E-state index in [1.54, 1.807) is 39.8 Å². The van der Waals surface area contributed by atoms with Gasteiger partial charge < -0.3 is 41.6 Å². The van der Waals surface area contributed by atoms with Crippen LogP contribution >= 0.6 is 0 Å². The maximum atomic E-state index is 16.4. The van der Waals surface area contributed by atoms with Crippen LogP contribution in [0.4, 0.5) is 28.0 Å². The van der Waals surface area contributed by atoms with Crippen LogP contribution in [0.25, 0.3) is 16.7 Å². The van der Waals surface area contributed by atoms with Gasteiger partial charge in [0.1, 0.15) is 22.9 Å². The molecule has 0 aliphatic carbocycles. The van der Waals surface area contributed by atoms with Crippen LogP contribution in [0, 0.1) is 0 Å². The second-order valence-corrected chi connectivity index (χ2v) is 17.1. The van der Waals surface area contributed by atoms with Crippen molar-refractivity contribution in [3.05, 3.63) is 107 Å². The first kappa shape index (κ1) is 43.4. The Bertz CT molecular complexity index is 2430. The molecule has 0 radical (unpaired) electrons. The Kier molecular flexibility index (Phi) is 12.0. The Labute approximate surface area is 362 Å². The number of benzene rings is 2. The molecule has 18 heteroatoms. The van der Waals surface area contributed by atoms with Crippen LogP contribution in [0.3, 0.4) is 0 Å². The lowest BCUT2D eigenvalue weighted by Crippen LogP contribution is -2.51. The van der Waals surface area contributed by atoms with E-state index in [-0.39, 0.29) is 91.6 Å². The number of piperidine rings is 3. The standard InChI is InChI=1S/C45H52F4N10O4/c46-44(27-55-17-11-31(12-18-55)59-26-35(45(47,48)49)34-22-32(24-53-41(34)59)58-19-13-39(61)54-43(58)63)14-20-56(21-15-44)42(62)29-9-7-28(8-10-29)30-4-3-16-57(25-30)37(40(51)52)23-36(50)33-5-1-2-6-38(33)60/h1-2,5-10,22-24,26,30-31,60H,3-4,11-21,25,27,50-52H2,(H,54,61,63)/b36-23-. The predicted molar refractivity (Wildman–Crippen MR) is 230 cm³/mol. The molecule has 1 atom stereocenters. The van der Waals surface area contributed by atoms with Crippen molar-refractivity contribution in [2.75, 3.05) is 57.3 Å². The third-order valence-electron chi connectivity index (χ3n) is 12.9. The number of urea groups is 1. The number of aromatic nitrogens is 2. The zero-order valence-corrected chi connectivity index (χ0v) is 34.8. The molecule has 2 aromatic carbocycles. The molecular formula is C45H52F4N10O4. The number of anilines is 1. The van der Waals surface area contributed by atoms with Crippen LogP contribution < -0.4 is 27.4 Å². The maximum Gasteiger partial charge on any atom is 0.418 e. The van der Waals surface area contributed by atoms with E-state index in [9.17, 15) is 32.7 Å². The molecule has 4 saturated heterocycles. The molecule has 1 unspecified atom stereocenters. The molecule has 8 N–H and O–H groups in total. The van der Waals surface area contributed by atoms with E-state index in [2.05, 4.69) is 15.2 Å². The highest BCUT2D eigenvalue weighted by atomic mass is 19.4. The van der Waals surface area contributed by atoms with Gasteiger partial charge in [-0.2, -0.15) is 13.2 Å². The summed E-state index contributed by atoms with van der Waals surface area (Å²) in [4.78, 5) is 49.0. The average Bonchev–Trinajstić information content (AvgIpc) is 3.66. The minimum Gasteiger partial charge on any atom is -0.507 e. The molecule has 0 saturated carbocycles. The minimum absolute atomic E-state index is 0.0237. The molecule has 0 bridgehead atoms. The number of phenolic OH excluding ortho intramolecular Hbond substituents is 1. The van der Waals surface area contributed by atoms with Crippen molar-refractivity contribution < 1.29 is 37.1 Å². The molecule has 4 amide bonds. The summed E-state index contributed by atoms with van der Waals surface area (Å²) in [7, 11) is 0. The first-order valence-corrected chi connectivity index (χ1v) is 21.3. The van der Waals surface area contributed by atoms with Crippen LogP contribution in [-0.2, 0) is 11.0 Å². The number of nitrogens with one attached hydrogen (secondary N) is 1. The first-order chi connectivity index (χ1) is 30.1. The van der Waals surface area contributed by atoms with Crippen LogP contribution in [-0.4, -0.2) is 105 Å². The largest absolute Gasteiger partial charge is 0.507 e. The number of carbonyl (C=O) groups excluding carboxylic acids is 3. The zero-order valence-electron chi connectivity index (χ0n) is 34.8. The van der Waals surface area contributed by atoms with Gasteiger partial charge >= 0.3 is 12.2 Å². The van der Waals surface area contributed by atoms with E-state index in [0.29, 0.717) is 55.0 Å². The lowest BCUT2D eigenvalue weighted by atomic mass is 9.89. The van der Waals surface area contributed by atoms with E-state index in [4.69, 9.17) is 17.2 Å². The Morgan fingerprint density at radius 3 is 2.32 bits per heavy atom. The van der Waals surface area contributed by atoms with E-state index >= 15 is 4.39 Å². The van der Waals surface area contributed by atoms with Gasteiger partial charge in [0.2, 0.25) is 5.91 Å². The molecule has 4 aliphatic rings. The Hall–Kier alpha value is -6.30. The molecule has 0 spiro atoms. The molecule has 6 heterocycles. The number of fused-ring (bicyclic) bond motifs is 1. The van der Waals surface area contributed by atoms with Gasteiger partial charge in [-0.25, -0.2) is 14.2 Å². The van der Waals surface area contributed by atoms with E-state index < -0.39 is 29.3 Å². The molecule has 4 aromatic rings. The number of pyridine rings is 1. The number of phenols is 1.